The molecule has 4 rings (SSSR count). The number of hydrogen-bond donors (Lipinski definition) is 2. The van der Waals surface area contributed by atoms with Gasteiger partial charge < -0.3 is 14.6 Å². The molecule has 1 unspecified atom stereocenters. The fourth-order valence-electron chi connectivity index (χ4n) is 5.19. The van der Waals surface area contributed by atoms with Crippen molar-refractivity contribution in [2.45, 2.75) is 99.2 Å². The van der Waals surface area contributed by atoms with Gasteiger partial charge in [-0.05, 0) is 67.2 Å². The zero-order chi connectivity index (χ0) is 24.3. The summed E-state index contributed by atoms with van der Waals surface area (Å²) in [5, 5.41) is 12.9. The van der Waals surface area contributed by atoms with Crippen molar-refractivity contribution in [2.24, 2.45) is 4.99 Å². The van der Waals surface area contributed by atoms with Crippen molar-refractivity contribution < 1.29 is 22.5 Å². The molecule has 34 heavy (non-hydrogen) atoms. The first-order valence-electron chi connectivity index (χ1n) is 12.3. The third-order valence-electron chi connectivity index (χ3n) is 7.09. The summed E-state index contributed by atoms with van der Waals surface area (Å²) in [5.41, 5.74) is 0.494. The highest BCUT2D eigenvalue weighted by molar-refractivity contribution is 8.45. The summed E-state index contributed by atoms with van der Waals surface area (Å²) >= 11 is 0. The van der Waals surface area contributed by atoms with Crippen LogP contribution >= 0.6 is 10.3 Å². The van der Waals surface area contributed by atoms with Crippen LogP contribution in [0.2, 0.25) is 0 Å². The predicted molar refractivity (Wildman–Crippen MR) is 135 cm³/mol. The highest BCUT2D eigenvalue weighted by Gasteiger charge is 2.44. The van der Waals surface area contributed by atoms with E-state index in [0.717, 1.165) is 54.7 Å². The van der Waals surface area contributed by atoms with Gasteiger partial charge in [-0.15, -0.1) is 0 Å². The Balaban J connectivity index is 1.75. The van der Waals surface area contributed by atoms with E-state index in [4.69, 9.17) is 4.18 Å². The Morgan fingerprint density at radius 2 is 1.65 bits per heavy atom. The number of allylic oxidation sites excluding steroid dienone is 1. The Morgan fingerprint density at radius 3 is 2.21 bits per heavy atom. The van der Waals surface area contributed by atoms with E-state index >= 15 is 0 Å². The lowest BCUT2D eigenvalue weighted by molar-refractivity contribution is -0.117. The number of hydrogen-bond acceptors (Lipinski definition) is 6. The highest BCUT2D eigenvalue weighted by Crippen LogP contribution is 2.68. The Hall–Kier alpha value is -1.68. The molecule has 188 valence electrons. The molecule has 2 saturated carbocycles. The Morgan fingerprint density at radius 1 is 1.06 bits per heavy atom. The lowest BCUT2D eigenvalue weighted by atomic mass is 9.98. The number of amidine groups is 1. The minimum atomic E-state index is -3.39. The summed E-state index contributed by atoms with van der Waals surface area (Å²) in [7, 11) is -5.75. The molecular weight excluding hydrogens is 472 g/mol. The molecule has 9 heteroatoms. The molecule has 0 spiro atoms. The van der Waals surface area contributed by atoms with Crippen molar-refractivity contribution in [3.63, 3.8) is 0 Å². The van der Waals surface area contributed by atoms with E-state index in [9.17, 15) is 18.3 Å². The molecule has 0 saturated heterocycles. The van der Waals surface area contributed by atoms with Gasteiger partial charge in [-0.25, -0.2) is 13.4 Å². The fraction of sp³-hybridized carbons (Fsp3) is 0.600. The summed E-state index contributed by atoms with van der Waals surface area (Å²) in [6.45, 7) is 3.07. The van der Waals surface area contributed by atoms with Gasteiger partial charge in [-0.1, -0.05) is 38.5 Å². The molecule has 7 nitrogen and oxygen atoms in total. The minimum absolute atomic E-state index is 0.0151. The maximum Gasteiger partial charge on any atom is 0.222 e. The van der Waals surface area contributed by atoms with Crippen molar-refractivity contribution >= 4 is 31.2 Å². The maximum atomic E-state index is 13.2. The van der Waals surface area contributed by atoms with Gasteiger partial charge in [-0.2, -0.15) is 0 Å². The average molecular weight is 509 g/mol. The number of aliphatic hydroxyl groups excluding tert-OH is 1. The number of aliphatic hydroxyl groups is 1. The van der Waals surface area contributed by atoms with E-state index in [1.165, 1.54) is 13.3 Å². The van der Waals surface area contributed by atoms with Gasteiger partial charge in [0, 0.05) is 16.7 Å². The topological polar surface area (TPSA) is 105 Å². The van der Waals surface area contributed by atoms with Crippen LogP contribution in [0.1, 0.15) is 78.1 Å². The van der Waals surface area contributed by atoms with E-state index in [1.807, 2.05) is 19.1 Å². The lowest BCUT2D eigenvalue weighted by Crippen LogP contribution is -2.34. The summed E-state index contributed by atoms with van der Waals surface area (Å²) in [5.74, 6) is -0.258. The predicted octanol–water partition coefficient (Wildman–Crippen LogP) is 4.95. The summed E-state index contributed by atoms with van der Waals surface area (Å²) in [6, 6.07) is 6.98. The molecular formula is C25H36N2O5S2. The van der Waals surface area contributed by atoms with E-state index in [-0.39, 0.29) is 23.9 Å². The van der Waals surface area contributed by atoms with Crippen LogP contribution in [0.5, 0.6) is 0 Å². The van der Waals surface area contributed by atoms with Crippen molar-refractivity contribution in [2.75, 3.05) is 6.61 Å². The van der Waals surface area contributed by atoms with E-state index in [0.29, 0.717) is 28.6 Å². The number of sulfone groups is 1. The van der Waals surface area contributed by atoms with Crippen LogP contribution < -0.4 is 5.32 Å². The van der Waals surface area contributed by atoms with Gasteiger partial charge in [0.25, 0.3) is 0 Å². The van der Waals surface area contributed by atoms with Crippen molar-refractivity contribution in [3.8, 4) is 0 Å². The zero-order valence-corrected chi connectivity index (χ0v) is 21.7. The van der Waals surface area contributed by atoms with Crippen LogP contribution in [-0.2, 0) is 18.8 Å². The smallest absolute Gasteiger partial charge is 0.222 e. The quantitative estimate of drug-likeness (QED) is 0.566. The third kappa shape index (κ3) is 4.85. The molecule has 1 heterocycles. The van der Waals surface area contributed by atoms with E-state index < -0.39 is 20.1 Å². The normalized spacial score (nSPS) is 26.7. The number of aliphatic imine (C=N–C) groups is 1. The number of rotatable bonds is 6. The molecule has 1 atom stereocenters. The molecule has 0 aromatic heterocycles. The SMILES string of the molecule is CC(=O)NC1=NC(CO)=C(C)S1(OC1CCCCC1)c1ccc(S(=O)(=O)C2CCCCC2)cc1. The van der Waals surface area contributed by atoms with Gasteiger partial charge in [0.15, 0.2) is 15.0 Å². The molecule has 3 aliphatic rings. The first-order chi connectivity index (χ1) is 16.3. The number of carbonyl (C=O) groups is 1. The Kier molecular flexibility index (Phi) is 7.86. The molecule has 2 N–H and O–H groups in total. The number of carbonyl (C=O) groups excluding carboxylic acids is 1. The fourth-order valence-corrected chi connectivity index (χ4v) is 10.3. The molecule has 2 fully saturated rings. The van der Waals surface area contributed by atoms with Gasteiger partial charge in [0.2, 0.25) is 5.91 Å². The molecule has 0 radical (unpaired) electrons. The molecule has 1 aromatic rings. The van der Waals surface area contributed by atoms with Crippen molar-refractivity contribution in [3.05, 3.63) is 34.9 Å². The molecule has 1 aromatic carbocycles. The van der Waals surface area contributed by atoms with Crippen LogP contribution in [0.15, 0.2) is 49.7 Å². The van der Waals surface area contributed by atoms with Gasteiger partial charge >= 0.3 is 0 Å². The van der Waals surface area contributed by atoms with Crippen LogP contribution in [-0.4, -0.2) is 42.6 Å². The second-order valence-corrected chi connectivity index (χ2v) is 14.5. The standard InChI is InChI=1S/C25H36N2O5S2/c1-18-24(17-28)27-25(26-19(2)29)33(18,32-20-9-5-3-6-10-20)21-13-15-23(16-14-21)34(30,31)22-11-7-4-8-12-22/h13-16,20,22,28H,3-12,17H2,1-2H3,(H,26,27,29). The number of benzene rings is 1. The van der Waals surface area contributed by atoms with Crippen LogP contribution in [0.4, 0.5) is 0 Å². The molecule has 0 bridgehead atoms. The van der Waals surface area contributed by atoms with E-state index in [2.05, 4.69) is 10.3 Å². The van der Waals surface area contributed by atoms with Gasteiger partial charge in [0.05, 0.1) is 28.6 Å². The maximum absolute atomic E-state index is 13.2. The van der Waals surface area contributed by atoms with Gasteiger partial charge in [0.1, 0.15) is 0 Å². The third-order valence-corrected chi connectivity index (χ3v) is 12.7. The lowest BCUT2D eigenvalue weighted by Gasteiger charge is -2.42. The first kappa shape index (κ1) is 25.4. The Bertz CT molecular complexity index is 1070. The number of amides is 1. The molecule has 2 aliphatic carbocycles. The van der Waals surface area contributed by atoms with Crippen LogP contribution in [0.25, 0.3) is 0 Å². The monoisotopic (exact) mass is 508 g/mol. The number of nitrogens with one attached hydrogen (secondary N) is 1. The van der Waals surface area contributed by atoms with Crippen molar-refractivity contribution in [1.29, 1.82) is 0 Å². The highest BCUT2D eigenvalue weighted by atomic mass is 32.3. The molecule has 1 aliphatic heterocycles. The minimum Gasteiger partial charge on any atom is -0.390 e. The first-order valence-corrected chi connectivity index (χ1v) is 15.4. The van der Waals surface area contributed by atoms with Crippen molar-refractivity contribution in [1.82, 2.24) is 5.32 Å². The summed E-state index contributed by atoms with van der Waals surface area (Å²) in [4.78, 5) is 18.6. The van der Waals surface area contributed by atoms with E-state index in [1.54, 1.807) is 12.1 Å². The molecule has 1 amide bonds. The average Bonchev–Trinajstić information content (AvgIpc) is 3.11. The zero-order valence-electron chi connectivity index (χ0n) is 20.1. The number of nitrogens with zero attached hydrogens (tertiary/aromatic N) is 1. The summed E-state index contributed by atoms with van der Waals surface area (Å²) < 4.78 is 33.3. The summed E-state index contributed by atoms with van der Waals surface area (Å²) in [6.07, 6.45) is 9.65. The second-order valence-electron chi connectivity index (χ2n) is 9.45. The van der Waals surface area contributed by atoms with Crippen LogP contribution in [0.3, 0.4) is 0 Å². The second kappa shape index (κ2) is 10.5. The van der Waals surface area contributed by atoms with Crippen LogP contribution in [0, 0.1) is 0 Å². The Labute approximate surface area is 204 Å². The van der Waals surface area contributed by atoms with Gasteiger partial charge in [-0.3, -0.25) is 4.79 Å². The largest absolute Gasteiger partial charge is 0.390 e.